The summed E-state index contributed by atoms with van der Waals surface area (Å²) in [5.74, 6) is 3.45. The molecule has 0 spiro atoms. The zero-order chi connectivity index (χ0) is 46.3. The number of hydrogen-bond acceptors (Lipinski definition) is 4. The van der Waals surface area contributed by atoms with Crippen molar-refractivity contribution in [3.63, 3.8) is 0 Å². The summed E-state index contributed by atoms with van der Waals surface area (Å²) in [7, 11) is 0. The Morgan fingerprint density at radius 2 is 0.803 bits per heavy atom. The zero-order valence-corrected chi connectivity index (χ0v) is 44.6. The van der Waals surface area contributed by atoms with Crippen LogP contribution >= 0.6 is 0 Å². The summed E-state index contributed by atoms with van der Waals surface area (Å²) in [5, 5.41) is 20.1. The van der Waals surface area contributed by atoms with Crippen LogP contribution in [-0.4, -0.2) is 46.8 Å². The minimum Gasteiger partial charge on any atom is -0.393 e. The van der Waals surface area contributed by atoms with E-state index in [4.69, 9.17) is 9.47 Å². The van der Waals surface area contributed by atoms with Gasteiger partial charge in [-0.15, -0.1) is 0 Å². The Morgan fingerprint density at radius 3 is 1.18 bits per heavy atom. The molecule has 2 heterocycles. The monoisotopic (exact) mass is 925 g/mol. The molecule has 0 bridgehead atoms. The maximum absolute atomic E-state index is 10.1. The van der Waals surface area contributed by atoms with Crippen molar-refractivity contribution in [2.24, 2.45) is 29.1 Å². The number of rotatable bonds is 44. The van der Waals surface area contributed by atoms with Crippen molar-refractivity contribution >= 4 is 0 Å². The Labute approximate surface area is 412 Å². The van der Waals surface area contributed by atoms with E-state index in [1.807, 2.05) is 6.92 Å². The summed E-state index contributed by atoms with van der Waals surface area (Å²) >= 11 is 0. The Hall–Kier alpha value is -0.160. The van der Waals surface area contributed by atoms with E-state index in [1.54, 1.807) is 0 Å². The molecule has 0 aromatic rings. The van der Waals surface area contributed by atoms with Gasteiger partial charge in [-0.05, 0) is 119 Å². The van der Waals surface area contributed by atoms with E-state index in [0.29, 0.717) is 29.8 Å². The molecule has 0 aromatic carbocycles. The molecule has 2 N–H and O–H groups in total. The normalized spacial score (nSPS) is 27.8. The molecule has 5 fully saturated rings. The van der Waals surface area contributed by atoms with Crippen LogP contribution in [0.25, 0.3) is 0 Å². The number of aliphatic hydroxyl groups excluding tert-OH is 2. The van der Waals surface area contributed by atoms with E-state index in [2.05, 4.69) is 6.92 Å². The highest BCUT2D eigenvalue weighted by Crippen LogP contribution is 2.44. The highest BCUT2D eigenvalue weighted by atomic mass is 16.6. The first-order valence-electron chi connectivity index (χ1n) is 31.1. The highest BCUT2D eigenvalue weighted by Gasteiger charge is 2.44. The van der Waals surface area contributed by atoms with Gasteiger partial charge in [-0.3, -0.25) is 0 Å². The summed E-state index contributed by atoms with van der Waals surface area (Å²) in [4.78, 5) is 0. The predicted molar refractivity (Wildman–Crippen MR) is 283 cm³/mol. The average molecular weight is 926 g/mol. The maximum Gasteiger partial charge on any atom is 0.0844 e. The smallest absolute Gasteiger partial charge is 0.0844 e. The molecule has 0 aromatic heterocycles. The van der Waals surface area contributed by atoms with E-state index in [9.17, 15) is 10.2 Å². The molecule has 388 valence electrons. The molecular weight excluding hydrogens is 809 g/mol. The van der Waals surface area contributed by atoms with Gasteiger partial charge in [0.1, 0.15) is 0 Å². The second kappa shape index (κ2) is 35.0. The van der Waals surface area contributed by atoms with Gasteiger partial charge in [0.2, 0.25) is 0 Å². The fraction of sp³-hybridized carbons (Fsp3) is 1.00. The van der Waals surface area contributed by atoms with Gasteiger partial charge in [0.25, 0.3) is 0 Å². The number of hydrogen-bond donors (Lipinski definition) is 2. The first kappa shape index (κ1) is 56.8. The molecule has 4 heteroatoms. The van der Waals surface area contributed by atoms with Crippen LogP contribution < -0.4 is 0 Å². The SMILES string of the molecule is CCCC(CCCCCCCCCC(CCCCCCCCCC1CCC2OC2C1)(CCCCCCCCCC1CCC2OC2C1)CCCCCCCCCC1CCC[C@@H](O)C1)CC(C)O. The van der Waals surface area contributed by atoms with Crippen molar-refractivity contribution < 1.29 is 19.7 Å². The minimum absolute atomic E-state index is 0.0117. The van der Waals surface area contributed by atoms with E-state index in [-0.39, 0.29) is 12.2 Å². The first-order chi connectivity index (χ1) is 32.4. The molecule has 2 saturated heterocycles. The van der Waals surface area contributed by atoms with Crippen LogP contribution in [0.5, 0.6) is 0 Å². The molecule has 2 aliphatic heterocycles. The summed E-state index contributed by atoms with van der Waals surface area (Å²) in [6, 6.07) is 0. The third kappa shape index (κ3) is 25.8. The quantitative estimate of drug-likeness (QED) is 0.0472. The molecular formula is C62H116O4. The van der Waals surface area contributed by atoms with Crippen LogP contribution in [0.3, 0.4) is 0 Å². The average Bonchev–Trinajstić information content (AvgIpc) is 4.25. The van der Waals surface area contributed by atoms with Gasteiger partial charge in [0.15, 0.2) is 0 Å². The summed E-state index contributed by atoms with van der Waals surface area (Å²) < 4.78 is 11.6. The minimum atomic E-state index is -0.142. The zero-order valence-electron chi connectivity index (χ0n) is 44.6. The first-order valence-corrected chi connectivity index (χ1v) is 31.1. The summed E-state index contributed by atoms with van der Waals surface area (Å²) in [6.45, 7) is 4.28. The number of unbranched alkanes of at least 4 members (excludes halogenated alkanes) is 24. The van der Waals surface area contributed by atoms with Gasteiger partial charge >= 0.3 is 0 Å². The lowest BCUT2D eigenvalue weighted by atomic mass is 9.70. The van der Waals surface area contributed by atoms with E-state index in [1.165, 1.54) is 295 Å². The van der Waals surface area contributed by atoms with E-state index < -0.39 is 0 Å². The van der Waals surface area contributed by atoms with Crippen LogP contribution in [0.2, 0.25) is 0 Å². The molecule has 5 aliphatic rings. The lowest BCUT2D eigenvalue weighted by Gasteiger charge is -2.35. The molecule has 3 saturated carbocycles. The fourth-order valence-electron chi connectivity index (χ4n) is 14.3. The van der Waals surface area contributed by atoms with Crippen LogP contribution in [0, 0.1) is 29.1 Å². The Balaban J connectivity index is 1.01. The van der Waals surface area contributed by atoms with Crippen LogP contribution in [-0.2, 0) is 9.47 Å². The Bertz CT molecular complexity index is 1060. The predicted octanol–water partition coefficient (Wildman–Crippen LogP) is 18.9. The largest absolute Gasteiger partial charge is 0.393 e. The number of ether oxygens (including phenoxy) is 2. The topological polar surface area (TPSA) is 65.5 Å². The van der Waals surface area contributed by atoms with E-state index >= 15 is 0 Å². The van der Waals surface area contributed by atoms with Crippen LogP contribution in [0.15, 0.2) is 0 Å². The van der Waals surface area contributed by atoms with Crippen molar-refractivity contribution in [3.05, 3.63) is 0 Å². The summed E-state index contributed by atoms with van der Waals surface area (Å²) in [6.07, 6.45) is 71.1. The second-order valence-corrected chi connectivity index (χ2v) is 24.8. The second-order valence-electron chi connectivity index (χ2n) is 24.8. The van der Waals surface area contributed by atoms with Crippen LogP contribution in [0.1, 0.15) is 328 Å². The molecule has 4 nitrogen and oxygen atoms in total. The van der Waals surface area contributed by atoms with Crippen molar-refractivity contribution in [1.82, 2.24) is 0 Å². The number of epoxide rings is 2. The lowest BCUT2D eigenvalue weighted by molar-refractivity contribution is 0.0973. The van der Waals surface area contributed by atoms with Gasteiger partial charge in [-0.25, -0.2) is 0 Å². The molecule has 3 aliphatic carbocycles. The van der Waals surface area contributed by atoms with Gasteiger partial charge in [-0.2, -0.15) is 0 Å². The molecule has 10 atom stereocenters. The lowest BCUT2D eigenvalue weighted by Crippen LogP contribution is -2.21. The third-order valence-electron chi connectivity index (χ3n) is 18.6. The molecule has 66 heavy (non-hydrogen) atoms. The standard InChI is InChI=1S/C62H116O4/c1-3-33-53(48-52(2)63)34-24-16-8-4-12-20-28-44-62(45-29-21-13-5-9-17-25-35-54-38-32-39-57(64)49-54,46-30-22-14-6-10-18-26-36-55-40-42-58-60(50-55)65-58)47-31-23-15-7-11-19-27-37-56-41-43-59-61(51-56)66-59/h52-61,63-64H,3-51H2,1-2H3/t52?,53?,54?,55?,56?,57-,58?,59?,60?,61?,62?/m1/s1. The fourth-order valence-corrected chi connectivity index (χ4v) is 14.3. The maximum atomic E-state index is 10.1. The van der Waals surface area contributed by atoms with Crippen molar-refractivity contribution in [3.8, 4) is 0 Å². The Morgan fingerprint density at radius 1 is 0.424 bits per heavy atom. The molecule has 9 unspecified atom stereocenters. The molecule has 0 amide bonds. The van der Waals surface area contributed by atoms with Crippen molar-refractivity contribution in [2.75, 3.05) is 0 Å². The summed E-state index contributed by atoms with van der Waals surface area (Å²) in [5.41, 5.74) is 0.594. The molecule has 0 radical (unpaired) electrons. The van der Waals surface area contributed by atoms with Crippen molar-refractivity contribution in [1.29, 1.82) is 0 Å². The van der Waals surface area contributed by atoms with Crippen molar-refractivity contribution in [2.45, 2.75) is 365 Å². The number of fused-ring (bicyclic) bond motifs is 2. The Kier molecular flexibility index (Phi) is 30.1. The van der Waals surface area contributed by atoms with Gasteiger partial charge in [-0.1, -0.05) is 238 Å². The van der Waals surface area contributed by atoms with E-state index in [0.717, 1.165) is 42.9 Å². The third-order valence-corrected chi connectivity index (χ3v) is 18.6. The number of aliphatic hydroxyl groups is 2. The van der Waals surface area contributed by atoms with Gasteiger partial charge < -0.3 is 19.7 Å². The van der Waals surface area contributed by atoms with Gasteiger partial charge in [0, 0.05) is 0 Å². The molecule has 5 rings (SSSR count). The highest BCUT2D eigenvalue weighted by molar-refractivity contribution is 4.92. The van der Waals surface area contributed by atoms with Gasteiger partial charge in [0.05, 0.1) is 36.6 Å². The van der Waals surface area contributed by atoms with Crippen LogP contribution in [0.4, 0.5) is 0 Å².